The maximum Gasteiger partial charge on any atom is 0.415 e. The Morgan fingerprint density at radius 2 is 0.889 bits per heavy atom. The standard InChI is InChI=1S/C34H47N7O5.C30H39N7O5.2CH4/c1-7-18-41(32(43)39-19-10-11-20-39)28-24-35-31(38(8-2)9-3)37-29(28)36-27(30(42)46-34(4,5)6)23-25-14-16-26(17-15-25)45-33(44)40-21-12-13-22-40;1-4-15-37(29(40)35-16-7-8-17-35)25-21-31-28(34(5-2)6-3)33-26(25)32-24(27(38)39)20-22-11-13-23(14-12-22)42-30(41)36-18-9-10-19-36;;/h1,14-17,24,27H,8-13,18-23H2,2-6H3,(H,35,36,37);1,11-14,21,24H,5-10,15-20H2,2-3H3,(H,38,39)(H,31,32,33);2*1H4/t27-;24-;;/m00../s1. The molecule has 2 atom stereocenters. The number of carbonyl (C=O) groups excluding carboxylic acids is 5. The van der Waals surface area contributed by atoms with Gasteiger partial charge in [0.2, 0.25) is 11.9 Å². The van der Waals surface area contributed by atoms with E-state index >= 15 is 0 Å². The van der Waals surface area contributed by atoms with E-state index in [2.05, 4.69) is 37.4 Å². The quantitative estimate of drug-likeness (QED) is 0.0489. The second-order valence-corrected chi connectivity index (χ2v) is 22.8. The van der Waals surface area contributed by atoms with Gasteiger partial charge in [0.05, 0.1) is 25.5 Å². The van der Waals surface area contributed by atoms with Crippen molar-refractivity contribution >= 4 is 71.1 Å². The van der Waals surface area contributed by atoms with Crippen LogP contribution in [0.4, 0.5) is 54.1 Å². The van der Waals surface area contributed by atoms with Gasteiger partial charge in [0.25, 0.3) is 0 Å². The number of likely N-dealkylation sites (tertiary alicyclic amines) is 4. The van der Waals surface area contributed by atoms with Crippen LogP contribution in [-0.2, 0) is 27.2 Å². The van der Waals surface area contributed by atoms with Crippen LogP contribution >= 0.6 is 0 Å². The molecular weight excluding hydrogens is 1150 g/mol. The molecule has 6 amide bonds. The molecule has 4 aliphatic rings. The van der Waals surface area contributed by atoms with Crippen molar-refractivity contribution in [2.75, 3.05) is 122 Å². The van der Waals surface area contributed by atoms with Gasteiger partial charge < -0.3 is 59.4 Å². The third-order valence-corrected chi connectivity index (χ3v) is 15.4. The van der Waals surface area contributed by atoms with Crippen molar-refractivity contribution in [3.05, 3.63) is 72.1 Å². The third-order valence-electron chi connectivity index (χ3n) is 15.4. The molecule has 4 aliphatic heterocycles. The molecule has 2 aromatic carbocycles. The summed E-state index contributed by atoms with van der Waals surface area (Å²) in [6.45, 7) is 21.3. The van der Waals surface area contributed by atoms with Crippen molar-refractivity contribution in [2.24, 2.45) is 0 Å². The zero-order chi connectivity index (χ0) is 63.3. The van der Waals surface area contributed by atoms with Gasteiger partial charge in [0, 0.05) is 91.4 Å². The van der Waals surface area contributed by atoms with Crippen molar-refractivity contribution in [1.29, 1.82) is 0 Å². The SMILES string of the molecule is C.C.C#CCN(C(=O)N1CCCC1)c1cnc(N(CC)CC)nc1N[C@@H](Cc1ccc(OC(=O)N2CCCC2)cc1)C(=O)O.C#CCN(C(=O)N1CCCC1)c1cnc(N(CC)CC)nc1N[C@@H](Cc1ccc(OC(=O)N2CCCC2)cc1)C(=O)OC(C)(C)C. The van der Waals surface area contributed by atoms with Crippen LogP contribution in [0.3, 0.4) is 0 Å². The summed E-state index contributed by atoms with van der Waals surface area (Å²) in [5.41, 5.74) is 1.47. The minimum Gasteiger partial charge on any atom is -0.480 e. The van der Waals surface area contributed by atoms with Gasteiger partial charge in [0.1, 0.15) is 40.6 Å². The summed E-state index contributed by atoms with van der Waals surface area (Å²) in [5, 5.41) is 16.5. The van der Waals surface area contributed by atoms with E-state index in [0.29, 0.717) is 125 Å². The molecule has 4 fully saturated rings. The normalized spacial score (nSPS) is 14.9. The van der Waals surface area contributed by atoms with Gasteiger partial charge in [-0.05, 0) is 135 Å². The maximum atomic E-state index is 13.7. The Morgan fingerprint density at radius 3 is 1.21 bits per heavy atom. The van der Waals surface area contributed by atoms with Gasteiger partial charge in [-0.2, -0.15) is 9.97 Å². The topological polar surface area (TPSA) is 252 Å². The molecule has 6 heterocycles. The van der Waals surface area contributed by atoms with E-state index in [0.717, 1.165) is 56.9 Å². The Kier molecular flexibility index (Phi) is 27.6. The Balaban J connectivity index is 0.000000321. The van der Waals surface area contributed by atoms with Crippen LogP contribution in [0.5, 0.6) is 11.5 Å². The van der Waals surface area contributed by atoms with Gasteiger partial charge in [-0.15, -0.1) is 12.8 Å². The molecule has 2 aromatic heterocycles. The number of nitrogens with zero attached hydrogens (tertiary/aromatic N) is 12. The van der Waals surface area contributed by atoms with Crippen molar-refractivity contribution in [1.82, 2.24) is 39.5 Å². The number of ether oxygens (including phenoxy) is 3. The fourth-order valence-corrected chi connectivity index (χ4v) is 10.6. The molecule has 0 bridgehead atoms. The molecule has 0 radical (unpaired) electrons. The van der Waals surface area contributed by atoms with Crippen LogP contribution in [-0.4, -0.2) is 190 Å². The minimum atomic E-state index is -1.09. The Bertz CT molecular complexity index is 3080. The number of urea groups is 2. The lowest BCUT2D eigenvalue weighted by Gasteiger charge is -2.30. The number of amides is 6. The van der Waals surface area contributed by atoms with E-state index in [-0.39, 0.29) is 70.9 Å². The van der Waals surface area contributed by atoms with E-state index in [1.807, 2.05) is 70.4 Å². The lowest BCUT2D eigenvalue weighted by Crippen LogP contribution is -2.43. The number of benzene rings is 2. The van der Waals surface area contributed by atoms with Gasteiger partial charge in [-0.25, -0.2) is 38.7 Å². The number of esters is 1. The zero-order valence-corrected chi connectivity index (χ0v) is 52.0. The molecule has 488 valence electrons. The Hall–Kier alpha value is -9.06. The Labute approximate surface area is 532 Å². The first-order valence-electron chi connectivity index (χ1n) is 30.7. The van der Waals surface area contributed by atoms with Crippen LogP contribution in [0, 0.1) is 24.7 Å². The second-order valence-electron chi connectivity index (χ2n) is 22.8. The average molecular weight is 1240 g/mol. The molecule has 0 aliphatic carbocycles. The maximum absolute atomic E-state index is 13.7. The third kappa shape index (κ3) is 19.7. The zero-order valence-electron chi connectivity index (χ0n) is 52.0. The van der Waals surface area contributed by atoms with Crippen molar-refractivity contribution < 1.29 is 48.1 Å². The summed E-state index contributed by atoms with van der Waals surface area (Å²) < 4.78 is 16.8. The predicted octanol–water partition coefficient (Wildman–Crippen LogP) is 9.89. The summed E-state index contributed by atoms with van der Waals surface area (Å²) in [6, 6.07) is 11.4. The molecule has 4 saturated heterocycles. The van der Waals surface area contributed by atoms with Crippen molar-refractivity contribution in [2.45, 2.75) is 145 Å². The molecule has 0 unspecified atom stereocenters. The molecule has 24 nitrogen and oxygen atoms in total. The number of hydrogen-bond donors (Lipinski definition) is 3. The average Bonchev–Trinajstić information content (AvgIpc) is 3.37. The smallest absolute Gasteiger partial charge is 0.415 e. The van der Waals surface area contributed by atoms with E-state index in [1.54, 1.807) is 62.2 Å². The lowest BCUT2D eigenvalue weighted by atomic mass is 10.0. The summed E-state index contributed by atoms with van der Waals surface area (Å²) in [4.78, 5) is 110. The first-order valence-corrected chi connectivity index (χ1v) is 30.7. The molecular formula is C66H94N14O10. The highest BCUT2D eigenvalue weighted by atomic mass is 16.6. The number of rotatable bonds is 22. The van der Waals surface area contributed by atoms with Gasteiger partial charge in [-0.1, -0.05) is 51.0 Å². The molecule has 3 N–H and O–H groups in total. The summed E-state index contributed by atoms with van der Waals surface area (Å²) in [6.07, 6.45) is 21.6. The van der Waals surface area contributed by atoms with Crippen LogP contribution in [0.2, 0.25) is 0 Å². The molecule has 4 aromatic rings. The number of carbonyl (C=O) groups is 6. The summed E-state index contributed by atoms with van der Waals surface area (Å²) >= 11 is 0. The summed E-state index contributed by atoms with van der Waals surface area (Å²) in [5.74, 6) is 5.74. The largest absolute Gasteiger partial charge is 0.480 e. The van der Waals surface area contributed by atoms with Crippen LogP contribution < -0.4 is 39.7 Å². The first-order chi connectivity index (χ1) is 42.4. The molecule has 0 spiro atoms. The van der Waals surface area contributed by atoms with Crippen molar-refractivity contribution in [3.63, 3.8) is 0 Å². The van der Waals surface area contributed by atoms with Crippen LogP contribution in [0.1, 0.15) is 126 Å². The van der Waals surface area contributed by atoms with Crippen molar-refractivity contribution in [3.8, 4) is 36.2 Å². The summed E-state index contributed by atoms with van der Waals surface area (Å²) in [7, 11) is 0. The van der Waals surface area contributed by atoms with E-state index in [1.165, 1.54) is 16.0 Å². The number of carboxylic acid groups (broad SMARTS) is 1. The number of hydrogen-bond acceptors (Lipinski definition) is 17. The lowest BCUT2D eigenvalue weighted by molar-refractivity contribution is -0.155. The van der Waals surface area contributed by atoms with Gasteiger partial charge >= 0.3 is 36.2 Å². The van der Waals surface area contributed by atoms with E-state index in [4.69, 9.17) is 32.0 Å². The predicted molar refractivity (Wildman–Crippen MR) is 352 cm³/mol. The Morgan fingerprint density at radius 1 is 0.556 bits per heavy atom. The number of carboxylic acids is 1. The second kappa shape index (κ2) is 34.6. The monoisotopic (exact) mass is 1240 g/mol. The van der Waals surface area contributed by atoms with Crippen LogP contribution in [0.25, 0.3) is 0 Å². The molecule has 8 rings (SSSR count). The number of terminal acetylenes is 2. The number of aliphatic carboxylic acids is 1. The van der Waals surface area contributed by atoms with Crippen LogP contribution in [0.15, 0.2) is 60.9 Å². The number of anilines is 6. The highest BCUT2D eigenvalue weighted by molar-refractivity contribution is 5.97. The van der Waals surface area contributed by atoms with Gasteiger partial charge in [-0.3, -0.25) is 9.80 Å². The molecule has 90 heavy (non-hydrogen) atoms. The number of aromatic nitrogens is 4. The highest BCUT2D eigenvalue weighted by Gasteiger charge is 2.33. The fourth-order valence-electron chi connectivity index (χ4n) is 10.6. The number of nitrogens with one attached hydrogen (secondary N) is 2. The van der Waals surface area contributed by atoms with E-state index < -0.39 is 29.6 Å². The highest BCUT2D eigenvalue weighted by Crippen LogP contribution is 2.32. The fraction of sp³-hybridized carbons (Fsp3) is 0.545. The minimum absolute atomic E-state index is 0. The van der Waals surface area contributed by atoms with Gasteiger partial charge in [0.15, 0.2) is 11.6 Å². The molecule has 24 heteroatoms. The van der Waals surface area contributed by atoms with E-state index in [9.17, 15) is 33.9 Å². The first kappa shape index (κ1) is 71.7. The molecule has 0 saturated carbocycles.